The van der Waals surface area contributed by atoms with Crippen molar-refractivity contribution in [1.82, 2.24) is 0 Å². The highest BCUT2D eigenvalue weighted by Crippen LogP contribution is 2.27. The van der Waals surface area contributed by atoms with Crippen molar-refractivity contribution in [3.05, 3.63) is 59.7 Å². The van der Waals surface area contributed by atoms with Gasteiger partial charge in [-0.25, -0.2) is 8.42 Å². The van der Waals surface area contributed by atoms with Crippen LogP contribution >= 0.6 is 0 Å². The Hall–Kier alpha value is -1.85. The van der Waals surface area contributed by atoms with Gasteiger partial charge in [0.15, 0.2) is 0 Å². The summed E-state index contributed by atoms with van der Waals surface area (Å²) in [4.78, 5) is 0.305. The molecule has 1 aliphatic rings. The zero-order valence-electron chi connectivity index (χ0n) is 12.7. The first kappa shape index (κ1) is 15.1. The van der Waals surface area contributed by atoms with E-state index in [9.17, 15) is 8.42 Å². The topological polar surface area (TPSA) is 49.9 Å². The molecule has 0 aliphatic carbocycles. The molecule has 3 rings (SSSR count). The first-order chi connectivity index (χ1) is 10.5. The number of epoxide rings is 1. The molecule has 5 heteroatoms. The van der Waals surface area contributed by atoms with E-state index in [2.05, 4.69) is 0 Å². The van der Waals surface area contributed by atoms with Crippen molar-refractivity contribution in [2.24, 2.45) is 0 Å². The molecule has 0 spiro atoms. The second-order valence-corrected chi connectivity index (χ2v) is 7.50. The number of benzene rings is 2. The molecule has 0 radical (unpaired) electrons. The number of rotatable bonds is 5. The average Bonchev–Trinajstić information content (AvgIpc) is 3.30. The first-order valence-corrected chi connectivity index (χ1v) is 8.68. The summed E-state index contributed by atoms with van der Waals surface area (Å²) in [6.45, 7) is 4.88. The Balaban J connectivity index is 2.00. The molecule has 0 saturated carbocycles. The molecule has 0 bridgehead atoms. The lowest BCUT2D eigenvalue weighted by molar-refractivity contribution is 0.412. The predicted octanol–water partition coefficient (Wildman–Crippen LogP) is 2.90. The van der Waals surface area contributed by atoms with Gasteiger partial charge in [-0.2, -0.15) is 0 Å². The Morgan fingerprint density at radius 1 is 1.00 bits per heavy atom. The molecule has 2 aromatic rings. The summed E-state index contributed by atoms with van der Waals surface area (Å²) in [5, 5.41) is 0. The number of ether oxygens (including phenoxy) is 1. The minimum atomic E-state index is -3.59. The Bertz CT molecular complexity index is 747. The quantitative estimate of drug-likeness (QED) is 0.797. The number of anilines is 1. The van der Waals surface area contributed by atoms with E-state index < -0.39 is 10.0 Å². The lowest BCUT2D eigenvalue weighted by atomic mass is 10.2. The molecule has 2 aromatic carbocycles. The van der Waals surface area contributed by atoms with Gasteiger partial charge in [0.1, 0.15) is 0 Å². The SMILES string of the molecule is Cc1ccc(N(C[C@@H]2CO2)S(=O)(=O)c2ccc(C)cc2)cc1. The Labute approximate surface area is 131 Å². The first-order valence-electron chi connectivity index (χ1n) is 7.24. The van der Waals surface area contributed by atoms with Crippen molar-refractivity contribution in [2.75, 3.05) is 17.5 Å². The van der Waals surface area contributed by atoms with Crippen LogP contribution in [-0.4, -0.2) is 27.7 Å². The molecular formula is C17H19NO3S. The standard InChI is InChI=1S/C17H19NO3S/c1-13-3-7-15(8-4-13)18(11-16-12-21-16)22(19,20)17-9-5-14(2)6-10-17/h3-10,16H,11-12H2,1-2H3/t16-/m1/s1. The van der Waals surface area contributed by atoms with Gasteiger partial charge in [0.25, 0.3) is 10.0 Å². The van der Waals surface area contributed by atoms with Crippen LogP contribution in [0.2, 0.25) is 0 Å². The molecule has 0 unspecified atom stereocenters. The summed E-state index contributed by atoms with van der Waals surface area (Å²) < 4.78 is 32.6. The second kappa shape index (κ2) is 5.74. The van der Waals surface area contributed by atoms with Gasteiger partial charge < -0.3 is 4.74 Å². The largest absolute Gasteiger partial charge is 0.371 e. The van der Waals surface area contributed by atoms with Gasteiger partial charge >= 0.3 is 0 Å². The minimum Gasteiger partial charge on any atom is -0.371 e. The van der Waals surface area contributed by atoms with Crippen LogP contribution in [0.1, 0.15) is 11.1 Å². The second-order valence-electron chi connectivity index (χ2n) is 5.64. The summed E-state index contributed by atoms with van der Waals surface area (Å²) in [6.07, 6.45) is -0.0125. The fourth-order valence-electron chi connectivity index (χ4n) is 2.25. The summed E-state index contributed by atoms with van der Waals surface area (Å²) in [5.74, 6) is 0. The van der Waals surface area contributed by atoms with Crippen molar-refractivity contribution in [2.45, 2.75) is 24.8 Å². The van der Waals surface area contributed by atoms with E-state index in [4.69, 9.17) is 4.74 Å². The highest BCUT2D eigenvalue weighted by atomic mass is 32.2. The van der Waals surface area contributed by atoms with Gasteiger partial charge in [0, 0.05) is 0 Å². The molecule has 0 N–H and O–H groups in total. The maximum atomic E-state index is 13.0. The van der Waals surface area contributed by atoms with Crippen molar-refractivity contribution in [3.8, 4) is 0 Å². The van der Waals surface area contributed by atoms with Crippen LogP contribution in [0, 0.1) is 13.8 Å². The number of hydrogen-bond donors (Lipinski definition) is 0. The van der Waals surface area contributed by atoms with E-state index in [-0.39, 0.29) is 6.10 Å². The number of nitrogens with zero attached hydrogens (tertiary/aromatic N) is 1. The van der Waals surface area contributed by atoms with E-state index in [0.717, 1.165) is 11.1 Å². The molecule has 1 aliphatic heterocycles. The normalized spacial score (nSPS) is 17.3. The molecule has 1 heterocycles. The van der Waals surface area contributed by atoms with Gasteiger partial charge in [-0.05, 0) is 38.1 Å². The van der Waals surface area contributed by atoms with Crippen LogP contribution in [0.25, 0.3) is 0 Å². The van der Waals surface area contributed by atoms with Gasteiger partial charge in [0.05, 0.1) is 29.8 Å². The zero-order chi connectivity index (χ0) is 15.7. The third-order valence-electron chi connectivity index (χ3n) is 3.70. The van der Waals surface area contributed by atoms with E-state index in [1.807, 2.05) is 50.2 Å². The molecule has 116 valence electrons. The Morgan fingerprint density at radius 2 is 1.50 bits per heavy atom. The maximum Gasteiger partial charge on any atom is 0.264 e. The Kier molecular flexibility index (Phi) is 3.93. The van der Waals surface area contributed by atoms with Crippen LogP contribution in [0.15, 0.2) is 53.4 Å². The average molecular weight is 317 g/mol. The number of sulfonamides is 1. The Morgan fingerprint density at radius 3 is 2.00 bits per heavy atom. The summed E-state index contributed by atoms with van der Waals surface area (Å²) >= 11 is 0. The van der Waals surface area contributed by atoms with Crippen molar-refractivity contribution in [3.63, 3.8) is 0 Å². The predicted molar refractivity (Wildman–Crippen MR) is 86.6 cm³/mol. The highest BCUT2D eigenvalue weighted by Gasteiger charge is 2.32. The number of aryl methyl sites for hydroxylation is 2. The highest BCUT2D eigenvalue weighted by molar-refractivity contribution is 7.92. The zero-order valence-corrected chi connectivity index (χ0v) is 13.5. The monoisotopic (exact) mass is 317 g/mol. The smallest absolute Gasteiger partial charge is 0.264 e. The lowest BCUT2D eigenvalue weighted by Gasteiger charge is -2.24. The molecule has 1 fully saturated rings. The molecule has 4 nitrogen and oxygen atoms in total. The van der Waals surface area contributed by atoms with Gasteiger partial charge in [-0.3, -0.25) is 4.31 Å². The summed E-state index contributed by atoms with van der Waals surface area (Å²) in [5.41, 5.74) is 2.80. The molecule has 0 aromatic heterocycles. The fraction of sp³-hybridized carbons (Fsp3) is 0.294. The number of hydrogen-bond acceptors (Lipinski definition) is 3. The van der Waals surface area contributed by atoms with Crippen LogP contribution in [0.5, 0.6) is 0 Å². The van der Waals surface area contributed by atoms with Crippen molar-refractivity contribution >= 4 is 15.7 Å². The van der Waals surface area contributed by atoms with Crippen LogP contribution in [0.4, 0.5) is 5.69 Å². The van der Waals surface area contributed by atoms with Gasteiger partial charge in [0.2, 0.25) is 0 Å². The molecule has 0 amide bonds. The van der Waals surface area contributed by atoms with Crippen molar-refractivity contribution in [1.29, 1.82) is 0 Å². The molecule has 1 atom stereocenters. The van der Waals surface area contributed by atoms with E-state index in [0.29, 0.717) is 23.7 Å². The van der Waals surface area contributed by atoms with Crippen molar-refractivity contribution < 1.29 is 13.2 Å². The molecular weight excluding hydrogens is 298 g/mol. The van der Waals surface area contributed by atoms with Crippen LogP contribution in [0.3, 0.4) is 0 Å². The van der Waals surface area contributed by atoms with Crippen LogP contribution in [-0.2, 0) is 14.8 Å². The van der Waals surface area contributed by atoms with E-state index in [1.165, 1.54) is 4.31 Å². The minimum absolute atomic E-state index is 0.0125. The van der Waals surface area contributed by atoms with Gasteiger partial charge in [-0.15, -0.1) is 0 Å². The molecule has 22 heavy (non-hydrogen) atoms. The summed E-state index contributed by atoms with van der Waals surface area (Å²) in [6, 6.07) is 14.4. The third-order valence-corrected chi connectivity index (χ3v) is 5.51. The van der Waals surface area contributed by atoms with E-state index in [1.54, 1.807) is 12.1 Å². The van der Waals surface area contributed by atoms with Crippen LogP contribution < -0.4 is 4.31 Å². The van der Waals surface area contributed by atoms with E-state index >= 15 is 0 Å². The third kappa shape index (κ3) is 3.15. The fourth-order valence-corrected chi connectivity index (χ4v) is 3.75. The molecule has 1 saturated heterocycles. The summed E-state index contributed by atoms with van der Waals surface area (Å²) in [7, 11) is -3.59. The lowest BCUT2D eigenvalue weighted by Crippen LogP contribution is -2.34. The van der Waals surface area contributed by atoms with Gasteiger partial charge in [-0.1, -0.05) is 35.4 Å². The maximum absolute atomic E-state index is 13.0.